The summed E-state index contributed by atoms with van der Waals surface area (Å²) in [4.78, 5) is 42.3. The van der Waals surface area contributed by atoms with Crippen molar-refractivity contribution in [3.8, 4) is 0 Å². The molecule has 4 heterocycles. The van der Waals surface area contributed by atoms with Crippen molar-refractivity contribution >= 4 is 111 Å². The van der Waals surface area contributed by atoms with Crippen LogP contribution in [0.2, 0.25) is 0 Å². The van der Waals surface area contributed by atoms with E-state index in [4.69, 9.17) is 19.9 Å². The number of anilines is 6. The zero-order valence-electron chi connectivity index (χ0n) is 37.5. The van der Waals surface area contributed by atoms with Gasteiger partial charge in [-0.3, -0.25) is 39.9 Å². The van der Waals surface area contributed by atoms with E-state index in [0.717, 1.165) is 89.0 Å². The van der Waals surface area contributed by atoms with Crippen molar-refractivity contribution < 1.29 is 0 Å². The van der Waals surface area contributed by atoms with Gasteiger partial charge in [-0.25, -0.2) is 0 Å². The Kier molecular flexibility index (Phi) is 8.74. The summed E-state index contributed by atoms with van der Waals surface area (Å²) >= 11 is 0. The van der Waals surface area contributed by atoms with Gasteiger partial charge in [-0.15, -0.1) is 0 Å². The van der Waals surface area contributed by atoms with Gasteiger partial charge in [-0.2, -0.15) is 0 Å². The molecule has 0 fully saturated rings. The van der Waals surface area contributed by atoms with Gasteiger partial charge in [0, 0.05) is 83.1 Å². The second-order valence-corrected chi connectivity index (χ2v) is 19.0. The largest absolute Gasteiger partial charge is 0.310 e. The standard InChI is InChI=1S/C56H44N10/c1-55(2,3)41-31-51(65(33-7-15-43-47(27-33)61-23-19-57-43)34-8-16-44-48(28-34)62-24-20-58-44)39-14-12-38-42(56(4,5)6)32-52(40-13-11-37(41)53(39)54(38)40)66(35-9-17-45-49(29-35)63-25-21-59-45)36-10-18-46-50(30-36)64-26-22-60-46/h7-32H,1-6H3. The van der Waals surface area contributed by atoms with Crippen LogP contribution in [0.25, 0.3) is 76.5 Å². The van der Waals surface area contributed by atoms with Gasteiger partial charge < -0.3 is 9.80 Å². The van der Waals surface area contributed by atoms with Crippen LogP contribution in [0.5, 0.6) is 0 Å². The quantitative estimate of drug-likeness (QED) is 0.150. The highest BCUT2D eigenvalue weighted by atomic mass is 15.2. The number of aromatic nitrogens is 8. The summed E-state index contributed by atoms with van der Waals surface area (Å²) in [6.07, 6.45) is 14.0. The van der Waals surface area contributed by atoms with Gasteiger partial charge >= 0.3 is 0 Å². The molecule has 318 valence electrons. The van der Waals surface area contributed by atoms with E-state index >= 15 is 0 Å². The molecule has 0 spiro atoms. The van der Waals surface area contributed by atoms with Crippen molar-refractivity contribution in [2.75, 3.05) is 9.80 Å². The van der Waals surface area contributed by atoms with Crippen LogP contribution >= 0.6 is 0 Å². The summed E-state index contributed by atoms with van der Waals surface area (Å²) in [6.45, 7) is 13.9. The third kappa shape index (κ3) is 6.39. The first-order chi connectivity index (χ1) is 32.0. The SMILES string of the molecule is CC(C)(C)c1cc(N(c2ccc3nccnc3c2)c2ccc3nccnc3c2)c2ccc3c(C(C)(C)C)cc(N(c4ccc5nccnc5c4)c4ccc5nccnc5c4)c4ccc1c2c43. The van der Waals surface area contributed by atoms with Gasteiger partial charge in [0.05, 0.1) is 55.5 Å². The van der Waals surface area contributed by atoms with E-state index in [1.54, 1.807) is 49.6 Å². The predicted molar refractivity (Wildman–Crippen MR) is 269 cm³/mol. The molecule has 0 atom stereocenters. The van der Waals surface area contributed by atoms with Crippen molar-refractivity contribution in [3.63, 3.8) is 0 Å². The summed E-state index contributed by atoms with van der Waals surface area (Å²) in [5.74, 6) is 0. The number of benzene rings is 8. The molecular weight excluding hydrogens is 813 g/mol. The summed E-state index contributed by atoms with van der Waals surface area (Å²) in [6, 6.07) is 39.4. The summed E-state index contributed by atoms with van der Waals surface area (Å²) in [5.41, 5.74) is 14.6. The van der Waals surface area contributed by atoms with E-state index in [9.17, 15) is 0 Å². The van der Waals surface area contributed by atoms with Gasteiger partial charge in [0.25, 0.3) is 0 Å². The van der Waals surface area contributed by atoms with Gasteiger partial charge in [0.1, 0.15) is 0 Å². The monoisotopic (exact) mass is 856 g/mol. The number of rotatable bonds is 6. The molecule has 12 aromatic rings. The number of hydrogen-bond donors (Lipinski definition) is 0. The van der Waals surface area contributed by atoms with Gasteiger partial charge in [-0.05, 0) is 128 Å². The maximum atomic E-state index is 4.76. The van der Waals surface area contributed by atoms with Crippen molar-refractivity contribution in [2.24, 2.45) is 0 Å². The molecular formula is C56H44N10. The fourth-order valence-electron chi connectivity index (χ4n) is 9.78. The molecule has 0 aliphatic heterocycles. The fraction of sp³-hybridized carbons (Fsp3) is 0.143. The Balaban J connectivity index is 1.21. The number of hydrogen-bond acceptors (Lipinski definition) is 10. The summed E-state index contributed by atoms with van der Waals surface area (Å²) in [7, 11) is 0. The second-order valence-electron chi connectivity index (χ2n) is 19.0. The maximum absolute atomic E-state index is 4.76. The van der Waals surface area contributed by atoms with Gasteiger partial charge in [-0.1, -0.05) is 65.8 Å². The molecule has 10 nitrogen and oxygen atoms in total. The highest BCUT2D eigenvalue weighted by Crippen LogP contribution is 2.52. The van der Waals surface area contributed by atoms with E-state index in [-0.39, 0.29) is 10.8 Å². The zero-order chi connectivity index (χ0) is 44.9. The molecule has 10 heteroatoms. The molecule has 0 bridgehead atoms. The normalized spacial score (nSPS) is 12.4. The summed E-state index contributed by atoms with van der Waals surface area (Å²) in [5, 5.41) is 7.11. The minimum absolute atomic E-state index is 0.230. The molecule has 8 aromatic carbocycles. The van der Waals surface area contributed by atoms with Crippen LogP contribution in [0.1, 0.15) is 52.7 Å². The highest BCUT2D eigenvalue weighted by Gasteiger charge is 2.30. The Morgan fingerprint density at radius 3 is 0.818 bits per heavy atom. The molecule has 0 N–H and O–H groups in total. The molecule has 0 saturated carbocycles. The number of nitrogens with zero attached hydrogens (tertiary/aromatic N) is 10. The Bertz CT molecular complexity index is 3480. The smallest absolute Gasteiger partial charge is 0.0907 e. The second kappa shape index (κ2) is 14.6. The third-order valence-electron chi connectivity index (χ3n) is 12.8. The molecule has 12 rings (SSSR count). The summed E-state index contributed by atoms with van der Waals surface area (Å²) < 4.78 is 0. The Morgan fingerprint density at radius 2 is 0.545 bits per heavy atom. The third-order valence-corrected chi connectivity index (χ3v) is 12.8. The van der Waals surface area contributed by atoms with Crippen LogP contribution < -0.4 is 9.80 Å². The van der Waals surface area contributed by atoms with E-state index < -0.39 is 0 Å². The van der Waals surface area contributed by atoms with Crippen molar-refractivity contribution in [2.45, 2.75) is 52.4 Å². The molecule has 0 radical (unpaired) electrons. The molecule has 0 unspecified atom stereocenters. The Hall–Kier alpha value is -8.24. The number of fused-ring (bicyclic) bond motifs is 4. The lowest BCUT2D eigenvalue weighted by Gasteiger charge is -2.33. The van der Waals surface area contributed by atoms with Crippen LogP contribution in [-0.4, -0.2) is 39.9 Å². The maximum Gasteiger partial charge on any atom is 0.0907 e. The lowest BCUT2D eigenvalue weighted by Crippen LogP contribution is -2.18. The van der Waals surface area contributed by atoms with Crippen LogP contribution in [0.4, 0.5) is 34.1 Å². The topological polar surface area (TPSA) is 110 Å². The van der Waals surface area contributed by atoms with E-state index in [2.05, 4.69) is 180 Å². The lowest BCUT2D eigenvalue weighted by atomic mass is 9.77. The zero-order valence-corrected chi connectivity index (χ0v) is 37.5. The van der Waals surface area contributed by atoms with Gasteiger partial charge in [0.2, 0.25) is 0 Å². The van der Waals surface area contributed by atoms with Crippen molar-refractivity contribution in [1.29, 1.82) is 0 Å². The van der Waals surface area contributed by atoms with Crippen LogP contribution in [0.3, 0.4) is 0 Å². The van der Waals surface area contributed by atoms with Crippen molar-refractivity contribution in [1.82, 2.24) is 39.9 Å². The average Bonchev–Trinajstić information content (AvgIpc) is 3.33. The first-order valence-electron chi connectivity index (χ1n) is 22.2. The Morgan fingerprint density at radius 1 is 0.288 bits per heavy atom. The van der Waals surface area contributed by atoms with Crippen LogP contribution in [-0.2, 0) is 10.8 Å². The van der Waals surface area contributed by atoms with Crippen LogP contribution in [0, 0.1) is 0 Å². The molecule has 0 aliphatic rings. The van der Waals surface area contributed by atoms with Crippen molar-refractivity contribution in [3.05, 3.63) is 170 Å². The van der Waals surface area contributed by atoms with Gasteiger partial charge in [0.15, 0.2) is 0 Å². The molecule has 66 heavy (non-hydrogen) atoms. The highest BCUT2D eigenvalue weighted by molar-refractivity contribution is 6.29. The minimum atomic E-state index is -0.230. The van der Waals surface area contributed by atoms with E-state index in [1.165, 1.54) is 32.7 Å². The van der Waals surface area contributed by atoms with Crippen LogP contribution in [0.15, 0.2) is 159 Å². The first kappa shape index (κ1) is 39.4. The lowest BCUT2D eigenvalue weighted by molar-refractivity contribution is 0.595. The fourth-order valence-corrected chi connectivity index (χ4v) is 9.78. The molecule has 4 aromatic heterocycles. The molecule has 0 aliphatic carbocycles. The predicted octanol–water partition coefficient (Wildman–Crippen LogP) is 13.9. The van der Waals surface area contributed by atoms with E-state index in [0.29, 0.717) is 0 Å². The average molecular weight is 857 g/mol. The molecule has 0 saturated heterocycles. The minimum Gasteiger partial charge on any atom is -0.310 e. The van der Waals surface area contributed by atoms with E-state index in [1.807, 2.05) is 0 Å². The molecule has 0 amide bonds. The first-order valence-corrected chi connectivity index (χ1v) is 22.2. The Labute approximate surface area is 381 Å².